The number of carbonyl (C=O) groups excluding carboxylic acids is 1. The Morgan fingerprint density at radius 1 is 1.44 bits per heavy atom. The van der Waals surface area contributed by atoms with Gasteiger partial charge in [-0.25, -0.2) is 0 Å². The van der Waals surface area contributed by atoms with Crippen LogP contribution in [0.4, 0.5) is 0 Å². The lowest BCUT2D eigenvalue weighted by atomic mass is 9.83. The average molecular weight is 220 g/mol. The topological polar surface area (TPSA) is 63.6 Å². The predicted molar refractivity (Wildman–Crippen MR) is 56.8 cm³/mol. The number of ketones is 1. The Kier molecular flexibility index (Phi) is 2.64. The van der Waals surface area contributed by atoms with Gasteiger partial charge in [-0.2, -0.15) is 0 Å². The van der Waals surface area contributed by atoms with Crippen LogP contribution in [0.3, 0.4) is 0 Å². The van der Waals surface area contributed by atoms with Gasteiger partial charge in [0.15, 0.2) is 5.78 Å². The average Bonchev–Trinajstić information content (AvgIpc) is 2.28. The number of carboxylic acids is 1. The third kappa shape index (κ3) is 1.78. The minimum atomic E-state index is -0.908. The van der Waals surface area contributed by atoms with Crippen molar-refractivity contribution in [3.8, 4) is 5.75 Å². The largest absolute Gasteiger partial charge is 0.497 e. The summed E-state index contributed by atoms with van der Waals surface area (Å²) in [6.07, 6.45) is 0.496. The molecule has 1 N–H and O–H groups in total. The molecule has 0 fully saturated rings. The standard InChI is InChI=1S/C12H12O4/c1-16-9-3-2-7-4-8(12(14)15)5-11(13)10(7)6-9/h2-3,6,8H,4-5H2,1H3,(H,14,15)/t8-/m1/s1. The van der Waals surface area contributed by atoms with Gasteiger partial charge in [0.2, 0.25) is 0 Å². The Labute approximate surface area is 92.8 Å². The van der Waals surface area contributed by atoms with Gasteiger partial charge >= 0.3 is 5.97 Å². The van der Waals surface area contributed by atoms with E-state index in [-0.39, 0.29) is 12.2 Å². The first-order chi connectivity index (χ1) is 7.61. The summed E-state index contributed by atoms with van der Waals surface area (Å²) in [7, 11) is 1.54. The molecule has 0 heterocycles. The van der Waals surface area contributed by atoms with Crippen LogP contribution in [-0.4, -0.2) is 24.0 Å². The first-order valence-electron chi connectivity index (χ1n) is 5.04. The molecule has 84 valence electrons. The van der Waals surface area contributed by atoms with Crippen LogP contribution in [0.25, 0.3) is 0 Å². The van der Waals surface area contributed by atoms with Gasteiger partial charge in [-0.15, -0.1) is 0 Å². The van der Waals surface area contributed by atoms with E-state index in [9.17, 15) is 9.59 Å². The fraction of sp³-hybridized carbons (Fsp3) is 0.333. The highest BCUT2D eigenvalue weighted by molar-refractivity contribution is 6.01. The molecule has 1 atom stereocenters. The van der Waals surface area contributed by atoms with Crippen molar-refractivity contribution < 1.29 is 19.4 Å². The summed E-state index contributed by atoms with van der Waals surface area (Å²) in [5.41, 5.74) is 1.39. The van der Waals surface area contributed by atoms with Crippen LogP contribution in [0.2, 0.25) is 0 Å². The molecule has 2 rings (SSSR count). The van der Waals surface area contributed by atoms with Crippen LogP contribution in [0.5, 0.6) is 5.75 Å². The van der Waals surface area contributed by atoms with Crippen LogP contribution in [0.1, 0.15) is 22.3 Å². The second-order valence-corrected chi connectivity index (χ2v) is 3.89. The maximum absolute atomic E-state index is 11.7. The SMILES string of the molecule is COc1ccc2c(c1)C(=O)C[C@H](C(=O)O)C2. The maximum Gasteiger partial charge on any atom is 0.307 e. The van der Waals surface area contributed by atoms with Gasteiger partial charge in [0, 0.05) is 12.0 Å². The number of hydrogen-bond acceptors (Lipinski definition) is 3. The summed E-state index contributed by atoms with van der Waals surface area (Å²) in [6.45, 7) is 0. The highest BCUT2D eigenvalue weighted by Crippen LogP contribution is 2.28. The van der Waals surface area contributed by atoms with Gasteiger partial charge in [-0.1, -0.05) is 6.07 Å². The molecule has 0 saturated carbocycles. The van der Waals surface area contributed by atoms with Gasteiger partial charge < -0.3 is 9.84 Å². The van der Waals surface area contributed by atoms with Crippen molar-refractivity contribution >= 4 is 11.8 Å². The van der Waals surface area contributed by atoms with Gasteiger partial charge in [-0.3, -0.25) is 9.59 Å². The molecular weight excluding hydrogens is 208 g/mol. The Bertz CT molecular complexity index is 450. The van der Waals surface area contributed by atoms with Crippen LogP contribution < -0.4 is 4.74 Å². The fourth-order valence-electron chi connectivity index (χ4n) is 1.97. The van der Waals surface area contributed by atoms with E-state index >= 15 is 0 Å². The Morgan fingerprint density at radius 2 is 2.19 bits per heavy atom. The molecular formula is C12H12O4. The van der Waals surface area contributed by atoms with Crippen molar-refractivity contribution in [1.29, 1.82) is 0 Å². The molecule has 0 unspecified atom stereocenters. The molecule has 4 nitrogen and oxygen atoms in total. The number of benzene rings is 1. The summed E-state index contributed by atoms with van der Waals surface area (Å²) in [4.78, 5) is 22.6. The molecule has 4 heteroatoms. The van der Waals surface area contributed by atoms with E-state index in [2.05, 4.69) is 0 Å². The Morgan fingerprint density at radius 3 is 2.81 bits per heavy atom. The second kappa shape index (κ2) is 3.96. The maximum atomic E-state index is 11.7. The number of fused-ring (bicyclic) bond motifs is 1. The molecule has 0 spiro atoms. The smallest absolute Gasteiger partial charge is 0.307 e. The van der Waals surface area contributed by atoms with Crippen molar-refractivity contribution in [2.75, 3.05) is 7.11 Å². The lowest BCUT2D eigenvalue weighted by Crippen LogP contribution is -2.26. The van der Waals surface area contributed by atoms with Crippen LogP contribution in [-0.2, 0) is 11.2 Å². The zero-order valence-corrected chi connectivity index (χ0v) is 8.90. The molecule has 0 saturated heterocycles. The minimum Gasteiger partial charge on any atom is -0.497 e. The quantitative estimate of drug-likeness (QED) is 0.820. The highest BCUT2D eigenvalue weighted by atomic mass is 16.5. The summed E-state index contributed by atoms with van der Waals surface area (Å²) in [6, 6.07) is 5.19. The van der Waals surface area contributed by atoms with Crippen LogP contribution >= 0.6 is 0 Å². The Balaban J connectivity index is 2.38. The van der Waals surface area contributed by atoms with Crippen LogP contribution in [0, 0.1) is 5.92 Å². The van der Waals surface area contributed by atoms with Gasteiger partial charge in [0.25, 0.3) is 0 Å². The lowest BCUT2D eigenvalue weighted by molar-refractivity contribution is -0.141. The zero-order valence-electron chi connectivity index (χ0n) is 8.90. The third-order valence-electron chi connectivity index (χ3n) is 2.86. The van der Waals surface area contributed by atoms with Crippen molar-refractivity contribution in [1.82, 2.24) is 0 Å². The third-order valence-corrected chi connectivity index (χ3v) is 2.86. The predicted octanol–water partition coefficient (Wildman–Crippen LogP) is 1.52. The van der Waals surface area contributed by atoms with E-state index in [0.717, 1.165) is 5.56 Å². The first kappa shape index (κ1) is 10.7. The highest BCUT2D eigenvalue weighted by Gasteiger charge is 2.29. The summed E-state index contributed by atoms with van der Waals surface area (Å²) >= 11 is 0. The second-order valence-electron chi connectivity index (χ2n) is 3.89. The van der Waals surface area contributed by atoms with Crippen molar-refractivity contribution in [3.63, 3.8) is 0 Å². The number of carbonyl (C=O) groups is 2. The summed E-state index contributed by atoms with van der Waals surface area (Å²) in [5, 5.41) is 8.91. The number of carboxylic acid groups (broad SMARTS) is 1. The van der Waals surface area contributed by atoms with E-state index in [1.54, 1.807) is 18.2 Å². The number of aliphatic carboxylic acids is 1. The fourth-order valence-corrected chi connectivity index (χ4v) is 1.97. The number of Topliss-reactive ketones (excluding diaryl/α,β-unsaturated/α-hetero) is 1. The van der Waals surface area contributed by atoms with E-state index in [1.165, 1.54) is 7.11 Å². The molecule has 16 heavy (non-hydrogen) atoms. The molecule has 0 amide bonds. The first-order valence-corrected chi connectivity index (χ1v) is 5.04. The monoisotopic (exact) mass is 220 g/mol. The molecule has 1 aliphatic rings. The van der Waals surface area contributed by atoms with E-state index in [1.807, 2.05) is 0 Å². The summed E-state index contributed by atoms with van der Waals surface area (Å²) in [5.74, 6) is -0.989. The van der Waals surface area contributed by atoms with Gasteiger partial charge in [0.1, 0.15) is 5.75 Å². The minimum absolute atomic E-state index is 0.0789. The number of methoxy groups -OCH3 is 1. The van der Waals surface area contributed by atoms with Crippen LogP contribution in [0.15, 0.2) is 18.2 Å². The molecule has 0 bridgehead atoms. The van der Waals surface area contributed by atoms with E-state index < -0.39 is 11.9 Å². The van der Waals surface area contributed by atoms with Crippen molar-refractivity contribution in [2.45, 2.75) is 12.8 Å². The molecule has 1 aromatic rings. The van der Waals surface area contributed by atoms with Gasteiger partial charge in [-0.05, 0) is 24.1 Å². The number of ether oxygens (including phenoxy) is 1. The molecule has 1 aromatic carbocycles. The zero-order chi connectivity index (χ0) is 11.7. The summed E-state index contributed by atoms with van der Waals surface area (Å²) < 4.78 is 5.03. The Hall–Kier alpha value is -1.84. The van der Waals surface area contributed by atoms with E-state index in [0.29, 0.717) is 17.7 Å². The molecule has 0 aliphatic heterocycles. The number of rotatable bonds is 2. The number of hydrogen-bond donors (Lipinski definition) is 1. The van der Waals surface area contributed by atoms with Gasteiger partial charge in [0.05, 0.1) is 13.0 Å². The van der Waals surface area contributed by atoms with Crippen molar-refractivity contribution in [2.24, 2.45) is 5.92 Å². The molecule has 0 aromatic heterocycles. The normalized spacial score (nSPS) is 19.1. The van der Waals surface area contributed by atoms with E-state index in [4.69, 9.17) is 9.84 Å². The lowest BCUT2D eigenvalue weighted by Gasteiger charge is -2.20. The molecule has 1 aliphatic carbocycles. The molecule has 0 radical (unpaired) electrons. The van der Waals surface area contributed by atoms with Crippen molar-refractivity contribution in [3.05, 3.63) is 29.3 Å².